The van der Waals surface area contributed by atoms with E-state index in [9.17, 15) is 14.7 Å². The van der Waals surface area contributed by atoms with Crippen LogP contribution in [-0.2, 0) is 0 Å². The summed E-state index contributed by atoms with van der Waals surface area (Å²) < 4.78 is 10.9. The molecule has 3 aromatic carbocycles. The minimum atomic E-state index is -0.748. The normalized spacial score (nSPS) is 11.1. The third kappa shape index (κ3) is 3.51. The predicted octanol–water partition coefficient (Wildman–Crippen LogP) is 5.21. The summed E-state index contributed by atoms with van der Waals surface area (Å²) >= 11 is 5.97. The van der Waals surface area contributed by atoms with Gasteiger partial charge in [-0.3, -0.25) is 4.79 Å². The van der Waals surface area contributed by atoms with Gasteiger partial charge in [-0.2, -0.15) is 0 Å². The summed E-state index contributed by atoms with van der Waals surface area (Å²) in [5.74, 6) is -0.591. The maximum atomic E-state index is 12.6. The quantitative estimate of drug-likeness (QED) is 0.379. The van der Waals surface area contributed by atoms with Gasteiger partial charge in [-0.1, -0.05) is 29.8 Å². The Bertz CT molecular complexity index is 1540. The molecule has 0 saturated heterocycles. The Morgan fingerprint density at radius 1 is 0.968 bits per heavy atom. The van der Waals surface area contributed by atoms with Crippen LogP contribution in [0.3, 0.4) is 0 Å². The molecule has 0 bridgehead atoms. The van der Waals surface area contributed by atoms with Crippen molar-refractivity contribution in [2.45, 2.75) is 0 Å². The van der Waals surface area contributed by atoms with Crippen LogP contribution >= 0.6 is 11.6 Å². The van der Waals surface area contributed by atoms with Crippen LogP contribution in [0.2, 0.25) is 5.02 Å². The molecule has 5 rings (SSSR count). The van der Waals surface area contributed by atoms with Gasteiger partial charge in [0, 0.05) is 22.2 Å². The Hall–Kier alpha value is -4.10. The minimum Gasteiger partial charge on any atom is -0.507 e. The summed E-state index contributed by atoms with van der Waals surface area (Å²) in [4.78, 5) is 29.1. The Morgan fingerprint density at radius 2 is 1.81 bits per heavy atom. The zero-order chi connectivity index (χ0) is 21.5. The van der Waals surface area contributed by atoms with Crippen LogP contribution in [0.4, 0.5) is 5.69 Å². The van der Waals surface area contributed by atoms with E-state index in [1.807, 2.05) is 0 Å². The third-order valence-electron chi connectivity index (χ3n) is 4.72. The first-order valence-electron chi connectivity index (χ1n) is 9.22. The lowest BCUT2D eigenvalue weighted by atomic mass is 10.1. The van der Waals surface area contributed by atoms with Crippen molar-refractivity contribution in [3.63, 3.8) is 0 Å². The molecule has 1 amide bonds. The van der Waals surface area contributed by atoms with E-state index in [0.717, 1.165) is 0 Å². The second-order valence-corrected chi connectivity index (χ2v) is 7.24. The van der Waals surface area contributed by atoms with E-state index in [1.54, 1.807) is 54.6 Å². The summed E-state index contributed by atoms with van der Waals surface area (Å²) in [6.45, 7) is 0. The van der Waals surface area contributed by atoms with Gasteiger partial charge in [0.1, 0.15) is 22.4 Å². The number of halogens is 1. The van der Waals surface area contributed by atoms with Gasteiger partial charge in [-0.15, -0.1) is 0 Å². The number of phenolic OH excluding ortho intramolecular Hbond substituents is 1. The minimum absolute atomic E-state index is 0.141. The molecule has 0 aliphatic heterocycles. The van der Waals surface area contributed by atoms with Crippen molar-refractivity contribution in [3.8, 4) is 17.2 Å². The third-order valence-corrected chi connectivity index (χ3v) is 4.96. The van der Waals surface area contributed by atoms with E-state index < -0.39 is 11.5 Å². The number of hydrogen-bond acceptors (Lipinski definition) is 6. The first-order valence-corrected chi connectivity index (χ1v) is 9.59. The number of anilines is 1. The topological polar surface area (TPSA) is 106 Å². The molecular formula is C23H13ClN2O5. The second kappa shape index (κ2) is 7.30. The van der Waals surface area contributed by atoms with Crippen LogP contribution in [0, 0.1) is 0 Å². The highest BCUT2D eigenvalue weighted by Crippen LogP contribution is 2.33. The summed E-state index contributed by atoms with van der Waals surface area (Å²) in [5.41, 5.74) is 1.22. The summed E-state index contributed by atoms with van der Waals surface area (Å²) in [7, 11) is 0. The van der Waals surface area contributed by atoms with Crippen LogP contribution < -0.4 is 10.9 Å². The molecule has 2 heterocycles. The van der Waals surface area contributed by atoms with Crippen LogP contribution in [0.1, 0.15) is 10.4 Å². The summed E-state index contributed by atoms with van der Waals surface area (Å²) in [5, 5.41) is 14.2. The molecule has 0 radical (unpaired) electrons. The molecule has 5 aromatic rings. The van der Waals surface area contributed by atoms with Crippen LogP contribution in [0.5, 0.6) is 5.75 Å². The van der Waals surface area contributed by atoms with E-state index in [0.29, 0.717) is 32.7 Å². The molecule has 0 saturated carbocycles. The Labute approximate surface area is 179 Å². The molecule has 31 heavy (non-hydrogen) atoms. The molecule has 152 valence electrons. The van der Waals surface area contributed by atoms with Crippen LogP contribution in [-0.4, -0.2) is 16.0 Å². The standard InChI is InChI=1S/C23H13ClN2O5/c24-13-5-8-20-17(10-13)26-22(30-20)15-7-6-14(11-18(15)27)25-21(28)16-9-12-3-1-2-4-19(12)31-23(16)29/h1-11,27H,(H,25,28). The number of hydrogen-bond donors (Lipinski definition) is 2. The van der Waals surface area contributed by atoms with Gasteiger partial charge in [0.15, 0.2) is 5.58 Å². The van der Waals surface area contributed by atoms with Crippen molar-refractivity contribution in [1.29, 1.82) is 0 Å². The number of aromatic nitrogens is 1. The van der Waals surface area contributed by atoms with Crippen molar-refractivity contribution in [2.24, 2.45) is 0 Å². The lowest BCUT2D eigenvalue weighted by Crippen LogP contribution is -2.20. The van der Waals surface area contributed by atoms with Crippen molar-refractivity contribution in [1.82, 2.24) is 4.98 Å². The molecular weight excluding hydrogens is 420 g/mol. The average Bonchev–Trinajstić information content (AvgIpc) is 3.16. The van der Waals surface area contributed by atoms with Gasteiger partial charge in [-0.05, 0) is 42.5 Å². The number of rotatable bonds is 3. The van der Waals surface area contributed by atoms with E-state index in [1.165, 1.54) is 12.1 Å². The number of nitrogens with zero attached hydrogens (tertiary/aromatic N) is 1. The van der Waals surface area contributed by atoms with E-state index >= 15 is 0 Å². The highest BCUT2D eigenvalue weighted by atomic mass is 35.5. The first kappa shape index (κ1) is 18.9. The molecule has 0 aliphatic carbocycles. The Balaban J connectivity index is 1.44. The van der Waals surface area contributed by atoms with Gasteiger partial charge in [0.25, 0.3) is 5.91 Å². The molecule has 2 N–H and O–H groups in total. The fourth-order valence-corrected chi connectivity index (χ4v) is 3.39. The molecule has 0 aliphatic rings. The second-order valence-electron chi connectivity index (χ2n) is 6.80. The molecule has 0 spiro atoms. The van der Waals surface area contributed by atoms with Gasteiger partial charge in [0.2, 0.25) is 5.89 Å². The van der Waals surface area contributed by atoms with Crippen LogP contribution in [0.25, 0.3) is 33.5 Å². The number of carbonyl (C=O) groups excluding carboxylic acids is 1. The molecule has 0 fully saturated rings. The largest absolute Gasteiger partial charge is 0.507 e. The summed E-state index contributed by atoms with van der Waals surface area (Å²) in [6.07, 6.45) is 0. The Kier molecular flexibility index (Phi) is 4.45. The maximum absolute atomic E-state index is 12.6. The van der Waals surface area contributed by atoms with E-state index in [4.69, 9.17) is 20.4 Å². The molecule has 0 atom stereocenters. The number of benzene rings is 3. The van der Waals surface area contributed by atoms with Crippen molar-refractivity contribution < 1.29 is 18.7 Å². The molecule has 7 nitrogen and oxygen atoms in total. The first-order chi connectivity index (χ1) is 15.0. The predicted molar refractivity (Wildman–Crippen MR) is 117 cm³/mol. The fraction of sp³-hybridized carbons (Fsp3) is 0. The number of fused-ring (bicyclic) bond motifs is 2. The number of nitrogens with one attached hydrogen (secondary N) is 1. The van der Waals surface area contributed by atoms with Gasteiger partial charge >= 0.3 is 5.63 Å². The maximum Gasteiger partial charge on any atom is 0.349 e. The number of carbonyl (C=O) groups is 1. The summed E-state index contributed by atoms with van der Waals surface area (Å²) in [6, 6.07) is 17.9. The smallest absolute Gasteiger partial charge is 0.349 e. The number of para-hydroxylation sites is 1. The number of oxazole rings is 1. The molecule has 2 aromatic heterocycles. The average molecular weight is 433 g/mol. The lowest BCUT2D eigenvalue weighted by Gasteiger charge is -2.07. The number of amides is 1. The number of phenols is 1. The molecule has 0 unspecified atom stereocenters. The highest BCUT2D eigenvalue weighted by molar-refractivity contribution is 6.31. The van der Waals surface area contributed by atoms with Gasteiger partial charge in [0.05, 0.1) is 5.56 Å². The van der Waals surface area contributed by atoms with E-state index in [2.05, 4.69) is 10.3 Å². The van der Waals surface area contributed by atoms with Crippen molar-refractivity contribution >= 4 is 45.3 Å². The zero-order valence-corrected chi connectivity index (χ0v) is 16.5. The van der Waals surface area contributed by atoms with E-state index in [-0.39, 0.29) is 22.9 Å². The highest BCUT2D eigenvalue weighted by Gasteiger charge is 2.17. The zero-order valence-electron chi connectivity index (χ0n) is 15.8. The SMILES string of the molecule is O=C(Nc1ccc(-c2nc3cc(Cl)ccc3o2)c(O)c1)c1cc2ccccc2oc1=O. The monoisotopic (exact) mass is 432 g/mol. The lowest BCUT2D eigenvalue weighted by molar-refractivity contribution is 0.102. The van der Waals surface area contributed by atoms with Gasteiger partial charge in [-0.25, -0.2) is 9.78 Å². The number of aromatic hydroxyl groups is 1. The Morgan fingerprint density at radius 3 is 2.65 bits per heavy atom. The van der Waals surface area contributed by atoms with Crippen molar-refractivity contribution in [2.75, 3.05) is 5.32 Å². The van der Waals surface area contributed by atoms with Crippen molar-refractivity contribution in [3.05, 3.63) is 87.7 Å². The van der Waals surface area contributed by atoms with Gasteiger partial charge < -0.3 is 19.3 Å². The fourth-order valence-electron chi connectivity index (χ4n) is 3.22. The molecule has 8 heteroatoms. The van der Waals surface area contributed by atoms with Crippen LogP contribution in [0.15, 0.2) is 80.4 Å².